The summed E-state index contributed by atoms with van der Waals surface area (Å²) in [6.07, 6.45) is -0.111. The van der Waals surface area contributed by atoms with Crippen LogP contribution in [0.1, 0.15) is 75.1 Å². The first-order chi connectivity index (χ1) is 14.1. The molecule has 0 spiro atoms. The summed E-state index contributed by atoms with van der Waals surface area (Å²) in [7, 11) is -0.712. The van der Waals surface area contributed by atoms with Gasteiger partial charge in [0.2, 0.25) is 0 Å². The zero-order valence-corrected chi connectivity index (χ0v) is 21.3. The highest BCUT2D eigenvalue weighted by molar-refractivity contribution is 6.74. The molecule has 2 bridgehead atoms. The Morgan fingerprint density at radius 3 is 2.32 bits per heavy atom. The first-order valence-corrected chi connectivity index (χ1v) is 13.8. The van der Waals surface area contributed by atoms with Crippen LogP contribution in [0.15, 0.2) is 29.3 Å². The molecule has 170 valence electrons. The molecular weight excluding hydrogens is 408 g/mol. The van der Waals surface area contributed by atoms with Gasteiger partial charge in [0.15, 0.2) is 19.9 Å². The van der Waals surface area contributed by atoms with Crippen LogP contribution in [0, 0.1) is 5.41 Å². The number of ether oxygens (including phenoxy) is 1. The third-order valence-electron chi connectivity index (χ3n) is 7.96. The Balaban J connectivity index is 2.24. The predicted octanol–water partition coefficient (Wildman–Crippen LogP) is 5.33. The lowest BCUT2D eigenvalue weighted by atomic mass is 9.57. The first kappa shape index (κ1) is 23.9. The van der Waals surface area contributed by atoms with Crippen molar-refractivity contribution in [2.75, 3.05) is 7.11 Å². The van der Waals surface area contributed by atoms with E-state index < -0.39 is 31.2 Å². The number of rotatable bonds is 3. The number of hydrogen-bond acceptors (Lipinski definition) is 5. The Labute approximate surface area is 187 Å². The standard InChI is InChI=1S/C25H36O5Si/c1-15-17-13-18(26)16-11-10-12-19(29-7)21(16)22(27)25(28,24(17,5)6)14-20(15)30-31(8,9)23(2,3)4/h10-12,20,28H,13-14H2,1-9H3/t20-,25+/m0/s1. The number of carbonyl (C=O) groups excluding carboxylic acids is 2. The Hall–Kier alpha value is -1.76. The molecule has 1 N–H and O–H groups in total. The van der Waals surface area contributed by atoms with E-state index in [1.54, 1.807) is 18.2 Å². The average molecular weight is 445 g/mol. The predicted molar refractivity (Wildman–Crippen MR) is 124 cm³/mol. The molecule has 0 aliphatic heterocycles. The van der Waals surface area contributed by atoms with Crippen molar-refractivity contribution in [1.82, 2.24) is 0 Å². The van der Waals surface area contributed by atoms with E-state index in [2.05, 4.69) is 33.9 Å². The molecule has 2 aliphatic rings. The third kappa shape index (κ3) is 3.53. The highest BCUT2D eigenvalue weighted by Gasteiger charge is 2.59. The Morgan fingerprint density at radius 2 is 1.77 bits per heavy atom. The quantitative estimate of drug-likeness (QED) is 0.504. The van der Waals surface area contributed by atoms with Gasteiger partial charge in [0.05, 0.1) is 18.8 Å². The zero-order valence-electron chi connectivity index (χ0n) is 20.3. The normalized spacial score (nSPS) is 26.3. The number of benzene rings is 1. The van der Waals surface area contributed by atoms with Crippen LogP contribution in [0.25, 0.3) is 0 Å². The molecule has 0 saturated heterocycles. The maximum absolute atomic E-state index is 13.9. The molecule has 1 aromatic carbocycles. The molecule has 0 aromatic heterocycles. The molecule has 0 saturated carbocycles. The molecule has 2 aliphatic carbocycles. The van der Waals surface area contributed by atoms with Crippen LogP contribution in [0.3, 0.4) is 0 Å². The van der Waals surface area contributed by atoms with Crippen LogP contribution in [-0.4, -0.2) is 43.8 Å². The summed E-state index contributed by atoms with van der Waals surface area (Å²) < 4.78 is 12.1. The van der Waals surface area contributed by atoms with E-state index in [0.29, 0.717) is 11.3 Å². The van der Waals surface area contributed by atoms with Crippen molar-refractivity contribution in [1.29, 1.82) is 0 Å². The lowest BCUT2D eigenvalue weighted by Crippen LogP contribution is -2.60. The molecule has 0 fully saturated rings. The molecule has 3 rings (SSSR count). The maximum Gasteiger partial charge on any atom is 0.199 e. The van der Waals surface area contributed by atoms with Crippen molar-refractivity contribution in [3.8, 4) is 5.75 Å². The zero-order chi connectivity index (χ0) is 23.6. The number of carbonyl (C=O) groups is 2. The molecule has 0 radical (unpaired) electrons. The summed E-state index contributed by atoms with van der Waals surface area (Å²) in [4.78, 5) is 27.2. The van der Waals surface area contributed by atoms with Crippen molar-refractivity contribution in [2.24, 2.45) is 5.41 Å². The largest absolute Gasteiger partial charge is 0.496 e. The SMILES string of the molecule is COc1cccc2c1C(=O)[C@]1(O)C[C@H](O[Si](C)(C)C(C)(C)C)C(C)=C(CC2=O)C1(C)C. The molecular formula is C25H36O5Si. The minimum absolute atomic E-state index is 0.0226. The highest BCUT2D eigenvalue weighted by atomic mass is 28.4. The van der Waals surface area contributed by atoms with Crippen LogP contribution in [0.2, 0.25) is 18.1 Å². The summed E-state index contributed by atoms with van der Waals surface area (Å²) >= 11 is 0. The number of Topliss-reactive ketones (excluding diaryl/α,β-unsaturated/α-hetero) is 2. The van der Waals surface area contributed by atoms with Gasteiger partial charge in [-0.25, -0.2) is 0 Å². The first-order valence-electron chi connectivity index (χ1n) is 10.9. The molecule has 0 unspecified atom stereocenters. The van der Waals surface area contributed by atoms with E-state index in [9.17, 15) is 14.7 Å². The number of hydrogen-bond donors (Lipinski definition) is 1. The highest BCUT2D eigenvalue weighted by Crippen LogP contribution is 2.54. The number of methoxy groups -OCH3 is 1. The third-order valence-corrected chi connectivity index (χ3v) is 12.4. The van der Waals surface area contributed by atoms with E-state index in [1.807, 2.05) is 20.8 Å². The van der Waals surface area contributed by atoms with Gasteiger partial charge >= 0.3 is 0 Å². The van der Waals surface area contributed by atoms with Crippen molar-refractivity contribution >= 4 is 19.9 Å². The minimum Gasteiger partial charge on any atom is -0.496 e. The fraction of sp³-hybridized carbons (Fsp3) is 0.600. The summed E-state index contributed by atoms with van der Waals surface area (Å²) in [6.45, 7) is 16.5. The van der Waals surface area contributed by atoms with Crippen LogP contribution < -0.4 is 4.74 Å². The Kier molecular flexibility index (Phi) is 5.70. The van der Waals surface area contributed by atoms with Gasteiger partial charge in [0, 0.05) is 23.8 Å². The van der Waals surface area contributed by atoms with Gasteiger partial charge in [0.1, 0.15) is 11.4 Å². The van der Waals surface area contributed by atoms with Crippen molar-refractivity contribution < 1.29 is 23.9 Å². The van der Waals surface area contributed by atoms with Gasteiger partial charge in [-0.1, -0.05) is 52.3 Å². The Morgan fingerprint density at radius 1 is 1.16 bits per heavy atom. The average Bonchev–Trinajstić information content (AvgIpc) is 2.66. The van der Waals surface area contributed by atoms with E-state index in [-0.39, 0.29) is 29.2 Å². The Bertz CT molecular complexity index is 967. The number of fused-ring (bicyclic) bond motifs is 3. The second-order valence-corrected chi connectivity index (χ2v) is 15.8. The van der Waals surface area contributed by atoms with E-state index in [4.69, 9.17) is 9.16 Å². The second kappa shape index (κ2) is 7.39. The van der Waals surface area contributed by atoms with Crippen LogP contribution in [0.4, 0.5) is 0 Å². The van der Waals surface area contributed by atoms with Crippen molar-refractivity contribution in [3.63, 3.8) is 0 Å². The molecule has 2 atom stereocenters. The van der Waals surface area contributed by atoms with Crippen LogP contribution >= 0.6 is 0 Å². The molecule has 31 heavy (non-hydrogen) atoms. The number of ketones is 2. The molecule has 0 heterocycles. The summed E-state index contributed by atoms with van der Waals surface area (Å²) in [5.41, 5.74) is -0.361. The molecule has 1 aromatic rings. The monoisotopic (exact) mass is 444 g/mol. The smallest absolute Gasteiger partial charge is 0.199 e. The topological polar surface area (TPSA) is 72.8 Å². The van der Waals surface area contributed by atoms with Crippen LogP contribution in [-0.2, 0) is 4.43 Å². The fourth-order valence-electron chi connectivity index (χ4n) is 4.64. The summed E-state index contributed by atoms with van der Waals surface area (Å²) in [5.74, 6) is -0.289. The van der Waals surface area contributed by atoms with Gasteiger partial charge < -0.3 is 14.3 Å². The van der Waals surface area contributed by atoms with Gasteiger partial charge in [-0.2, -0.15) is 0 Å². The summed E-state index contributed by atoms with van der Waals surface area (Å²) in [6, 6.07) is 5.02. The van der Waals surface area contributed by atoms with Crippen molar-refractivity contribution in [2.45, 2.75) is 84.2 Å². The fourth-order valence-corrected chi connectivity index (χ4v) is 5.97. The van der Waals surface area contributed by atoms with Crippen molar-refractivity contribution in [3.05, 3.63) is 40.5 Å². The molecule has 0 amide bonds. The van der Waals surface area contributed by atoms with Gasteiger partial charge in [-0.15, -0.1) is 0 Å². The summed E-state index contributed by atoms with van der Waals surface area (Å²) in [5, 5.41) is 12.0. The van der Waals surface area contributed by atoms with E-state index >= 15 is 0 Å². The van der Waals surface area contributed by atoms with Gasteiger partial charge in [0.25, 0.3) is 0 Å². The number of aliphatic hydroxyl groups is 1. The molecule has 5 nitrogen and oxygen atoms in total. The second-order valence-electron chi connectivity index (χ2n) is 11.0. The lowest BCUT2D eigenvalue weighted by molar-refractivity contribution is -0.0588. The van der Waals surface area contributed by atoms with Gasteiger partial charge in [-0.05, 0) is 36.7 Å². The van der Waals surface area contributed by atoms with E-state index in [1.165, 1.54) is 7.11 Å². The van der Waals surface area contributed by atoms with Crippen LogP contribution in [0.5, 0.6) is 5.75 Å². The lowest BCUT2D eigenvalue weighted by Gasteiger charge is -2.52. The minimum atomic E-state index is -2.18. The van der Waals surface area contributed by atoms with E-state index in [0.717, 1.165) is 11.1 Å². The van der Waals surface area contributed by atoms with Gasteiger partial charge in [-0.3, -0.25) is 9.59 Å². The molecule has 6 heteroatoms. The maximum atomic E-state index is 13.9.